The lowest BCUT2D eigenvalue weighted by Gasteiger charge is -2.32. The van der Waals surface area contributed by atoms with Crippen molar-refractivity contribution >= 4 is 17.5 Å². The Kier molecular flexibility index (Phi) is 6.35. The van der Waals surface area contributed by atoms with Gasteiger partial charge in [0.15, 0.2) is 0 Å². The minimum absolute atomic E-state index is 0.0990. The number of ether oxygens (including phenoxy) is 1. The van der Waals surface area contributed by atoms with E-state index in [2.05, 4.69) is 10.3 Å². The maximum absolute atomic E-state index is 12.8. The molecule has 2 N–H and O–H groups in total. The molecule has 1 fully saturated rings. The van der Waals surface area contributed by atoms with Gasteiger partial charge in [0.1, 0.15) is 5.75 Å². The van der Waals surface area contributed by atoms with Gasteiger partial charge < -0.3 is 19.9 Å². The fraction of sp³-hybridized carbons (Fsp3) is 0.240. The number of nitrogens with zero attached hydrogens (tertiary/aromatic N) is 1. The van der Waals surface area contributed by atoms with E-state index in [0.29, 0.717) is 24.3 Å². The van der Waals surface area contributed by atoms with E-state index in [9.17, 15) is 14.4 Å². The number of anilines is 1. The van der Waals surface area contributed by atoms with Crippen molar-refractivity contribution in [1.29, 1.82) is 0 Å². The molecule has 0 radical (unpaired) electrons. The number of amides is 2. The molecule has 0 bridgehead atoms. The van der Waals surface area contributed by atoms with Gasteiger partial charge in [-0.3, -0.25) is 14.4 Å². The Balaban J connectivity index is 1.39. The summed E-state index contributed by atoms with van der Waals surface area (Å²) in [4.78, 5) is 41.0. The molecule has 0 saturated carbocycles. The molecule has 0 unspecified atom stereocenters. The number of methoxy groups -OCH3 is 1. The number of rotatable bonds is 5. The molecule has 32 heavy (non-hydrogen) atoms. The molecule has 1 atom stereocenters. The van der Waals surface area contributed by atoms with E-state index in [1.54, 1.807) is 12.0 Å². The normalized spacial score (nSPS) is 15.8. The van der Waals surface area contributed by atoms with Crippen LogP contribution in [0.15, 0.2) is 71.7 Å². The molecule has 3 aromatic rings. The second-order valence-corrected chi connectivity index (χ2v) is 7.83. The van der Waals surface area contributed by atoms with Crippen molar-refractivity contribution in [1.82, 2.24) is 9.88 Å². The molecule has 164 valence electrons. The van der Waals surface area contributed by atoms with E-state index in [-0.39, 0.29) is 23.3 Å². The van der Waals surface area contributed by atoms with E-state index in [0.717, 1.165) is 29.7 Å². The molecule has 2 amide bonds. The number of hydrogen-bond donors (Lipinski definition) is 2. The molecule has 1 saturated heterocycles. The monoisotopic (exact) mass is 431 g/mol. The summed E-state index contributed by atoms with van der Waals surface area (Å²) in [6, 6.07) is 18.3. The largest absolute Gasteiger partial charge is 0.497 e. The van der Waals surface area contributed by atoms with E-state index in [1.807, 2.05) is 48.5 Å². The molecule has 7 heteroatoms. The van der Waals surface area contributed by atoms with Gasteiger partial charge in [0.25, 0.3) is 5.91 Å². The van der Waals surface area contributed by atoms with Gasteiger partial charge in [-0.05, 0) is 54.3 Å². The van der Waals surface area contributed by atoms with Crippen molar-refractivity contribution < 1.29 is 14.3 Å². The van der Waals surface area contributed by atoms with Crippen LogP contribution < -0.4 is 15.6 Å². The number of carbonyl (C=O) groups is 2. The first kappa shape index (κ1) is 21.4. The standard InChI is InChI=1S/C25H25N3O4/c1-32-22-6-2-4-18(14-22)17-7-10-21(11-8-17)27-24(30)20-5-3-13-28(16-20)25(31)19-9-12-23(29)26-15-19/h2,4,6-12,14-15,20H,3,5,13,16H2,1H3,(H,26,29)(H,27,30)/t20-/m0/s1. The summed E-state index contributed by atoms with van der Waals surface area (Å²) in [7, 11) is 1.64. The average Bonchev–Trinajstić information content (AvgIpc) is 2.84. The van der Waals surface area contributed by atoms with Crippen LogP contribution in [0.25, 0.3) is 11.1 Å². The highest BCUT2D eigenvalue weighted by Gasteiger charge is 2.29. The second kappa shape index (κ2) is 9.51. The van der Waals surface area contributed by atoms with Crippen molar-refractivity contribution in [3.8, 4) is 16.9 Å². The number of H-pyrrole nitrogens is 1. The first-order valence-corrected chi connectivity index (χ1v) is 10.6. The fourth-order valence-electron chi connectivity index (χ4n) is 3.89. The van der Waals surface area contributed by atoms with Crippen LogP contribution >= 0.6 is 0 Å². The van der Waals surface area contributed by atoms with E-state index in [4.69, 9.17) is 4.74 Å². The number of benzene rings is 2. The van der Waals surface area contributed by atoms with E-state index >= 15 is 0 Å². The lowest BCUT2D eigenvalue weighted by atomic mass is 9.96. The number of aromatic amines is 1. The summed E-state index contributed by atoms with van der Waals surface area (Å²) in [5.41, 5.74) is 2.93. The Morgan fingerprint density at radius 3 is 2.59 bits per heavy atom. The van der Waals surface area contributed by atoms with Crippen molar-refractivity contribution in [2.24, 2.45) is 5.92 Å². The Labute approximate surface area is 186 Å². The topological polar surface area (TPSA) is 91.5 Å². The number of pyridine rings is 1. The number of nitrogens with one attached hydrogen (secondary N) is 2. The van der Waals surface area contributed by atoms with Crippen LogP contribution in [-0.4, -0.2) is 41.9 Å². The summed E-state index contributed by atoms with van der Waals surface area (Å²) in [6.45, 7) is 0.947. The summed E-state index contributed by atoms with van der Waals surface area (Å²) in [5, 5.41) is 2.97. The predicted octanol–water partition coefficient (Wildman–Crippen LogP) is 3.54. The molecule has 7 nitrogen and oxygen atoms in total. The maximum atomic E-state index is 12.8. The Morgan fingerprint density at radius 2 is 1.88 bits per heavy atom. The first-order chi connectivity index (χ1) is 15.5. The third-order valence-corrected chi connectivity index (χ3v) is 5.67. The zero-order valence-electron chi connectivity index (χ0n) is 17.8. The molecule has 0 aliphatic carbocycles. The Hall–Kier alpha value is -3.87. The summed E-state index contributed by atoms with van der Waals surface area (Å²) in [5.74, 6) is 0.228. The smallest absolute Gasteiger partial charge is 0.255 e. The quantitative estimate of drug-likeness (QED) is 0.646. The molecule has 1 aromatic heterocycles. The molecular formula is C25H25N3O4. The third-order valence-electron chi connectivity index (χ3n) is 5.67. The Morgan fingerprint density at radius 1 is 1.06 bits per heavy atom. The summed E-state index contributed by atoms with van der Waals surface area (Å²) in [6.07, 6.45) is 2.89. The Bertz CT molecular complexity index is 1150. The summed E-state index contributed by atoms with van der Waals surface area (Å²) < 4.78 is 5.28. The lowest BCUT2D eigenvalue weighted by Crippen LogP contribution is -2.43. The molecule has 1 aliphatic heterocycles. The molecule has 2 heterocycles. The van der Waals surface area contributed by atoms with Gasteiger partial charge in [0, 0.05) is 31.0 Å². The van der Waals surface area contributed by atoms with Crippen molar-refractivity contribution in [2.75, 3.05) is 25.5 Å². The number of hydrogen-bond acceptors (Lipinski definition) is 4. The van der Waals surface area contributed by atoms with Crippen LogP contribution in [-0.2, 0) is 4.79 Å². The van der Waals surface area contributed by atoms with Crippen LogP contribution in [0.5, 0.6) is 5.75 Å². The molecule has 0 spiro atoms. The van der Waals surface area contributed by atoms with E-state index in [1.165, 1.54) is 18.3 Å². The maximum Gasteiger partial charge on any atom is 0.255 e. The minimum Gasteiger partial charge on any atom is -0.497 e. The minimum atomic E-state index is -0.284. The highest BCUT2D eigenvalue weighted by molar-refractivity contribution is 5.96. The van der Waals surface area contributed by atoms with Gasteiger partial charge in [-0.15, -0.1) is 0 Å². The third kappa shape index (κ3) is 4.88. The van der Waals surface area contributed by atoms with Crippen LogP contribution in [0.1, 0.15) is 23.2 Å². The van der Waals surface area contributed by atoms with Gasteiger partial charge in [-0.25, -0.2) is 0 Å². The number of aromatic nitrogens is 1. The molecule has 2 aromatic carbocycles. The van der Waals surface area contributed by atoms with Crippen molar-refractivity contribution in [3.63, 3.8) is 0 Å². The first-order valence-electron chi connectivity index (χ1n) is 10.6. The fourth-order valence-corrected chi connectivity index (χ4v) is 3.89. The average molecular weight is 431 g/mol. The van der Waals surface area contributed by atoms with Crippen LogP contribution in [0.3, 0.4) is 0 Å². The number of carbonyl (C=O) groups excluding carboxylic acids is 2. The van der Waals surface area contributed by atoms with Crippen LogP contribution in [0.2, 0.25) is 0 Å². The SMILES string of the molecule is COc1cccc(-c2ccc(NC(=O)[C@H]3CCCN(C(=O)c4ccc(=O)[nH]c4)C3)cc2)c1. The predicted molar refractivity (Wildman–Crippen MR) is 123 cm³/mol. The lowest BCUT2D eigenvalue weighted by molar-refractivity contribution is -0.121. The van der Waals surface area contributed by atoms with Gasteiger partial charge in [-0.1, -0.05) is 24.3 Å². The molecule has 4 rings (SSSR count). The van der Waals surface area contributed by atoms with Gasteiger partial charge in [0.2, 0.25) is 11.5 Å². The summed E-state index contributed by atoms with van der Waals surface area (Å²) >= 11 is 0. The molecule has 1 aliphatic rings. The molecular weight excluding hydrogens is 406 g/mol. The van der Waals surface area contributed by atoms with E-state index < -0.39 is 0 Å². The zero-order valence-corrected chi connectivity index (χ0v) is 17.8. The number of piperidine rings is 1. The van der Waals surface area contributed by atoms with Gasteiger partial charge >= 0.3 is 0 Å². The zero-order chi connectivity index (χ0) is 22.5. The van der Waals surface area contributed by atoms with Crippen LogP contribution in [0, 0.1) is 5.92 Å². The van der Waals surface area contributed by atoms with Gasteiger partial charge in [0.05, 0.1) is 18.6 Å². The van der Waals surface area contributed by atoms with Gasteiger partial charge in [-0.2, -0.15) is 0 Å². The van der Waals surface area contributed by atoms with Crippen LogP contribution in [0.4, 0.5) is 5.69 Å². The second-order valence-electron chi connectivity index (χ2n) is 7.83. The van der Waals surface area contributed by atoms with Crippen molar-refractivity contribution in [3.05, 3.63) is 82.8 Å². The highest BCUT2D eigenvalue weighted by atomic mass is 16.5. The van der Waals surface area contributed by atoms with Crippen molar-refractivity contribution in [2.45, 2.75) is 12.8 Å². The highest BCUT2D eigenvalue weighted by Crippen LogP contribution is 2.26. The number of likely N-dealkylation sites (tertiary alicyclic amines) is 1.